The molecule has 0 aromatic heterocycles. The summed E-state index contributed by atoms with van der Waals surface area (Å²) in [5.41, 5.74) is 0.431. The van der Waals surface area contributed by atoms with Gasteiger partial charge in [-0.25, -0.2) is 4.79 Å². The van der Waals surface area contributed by atoms with E-state index in [9.17, 15) is 14.9 Å². The molecule has 0 N–H and O–H groups in total. The van der Waals surface area contributed by atoms with Crippen LogP contribution < -0.4 is 9.64 Å². The van der Waals surface area contributed by atoms with Crippen molar-refractivity contribution in [2.45, 2.75) is 52.1 Å². The van der Waals surface area contributed by atoms with Crippen LogP contribution in [0, 0.1) is 22.0 Å². The van der Waals surface area contributed by atoms with Crippen molar-refractivity contribution in [3.05, 3.63) is 26.7 Å². The van der Waals surface area contributed by atoms with Crippen LogP contribution in [0.5, 0.6) is 5.75 Å². The number of nitro groups is 1. The predicted molar refractivity (Wildman–Crippen MR) is 123 cm³/mol. The summed E-state index contributed by atoms with van der Waals surface area (Å²) in [7, 11) is 1.45. The number of amides is 1. The lowest BCUT2D eigenvalue weighted by atomic mass is 9.79. The molecule has 0 saturated carbocycles. The minimum absolute atomic E-state index is 0.0373. The zero-order chi connectivity index (χ0) is 22.8. The molecule has 172 valence electrons. The molecule has 2 saturated heterocycles. The van der Waals surface area contributed by atoms with Crippen molar-refractivity contribution in [2.24, 2.45) is 11.8 Å². The van der Waals surface area contributed by atoms with Gasteiger partial charge < -0.3 is 19.3 Å². The number of piperidine rings is 2. The molecule has 1 aromatic carbocycles. The summed E-state index contributed by atoms with van der Waals surface area (Å²) < 4.78 is 11.4. The Labute approximate surface area is 192 Å². The lowest BCUT2D eigenvalue weighted by Gasteiger charge is -2.41. The zero-order valence-electron chi connectivity index (χ0n) is 18.7. The van der Waals surface area contributed by atoms with Crippen molar-refractivity contribution >= 4 is 33.4 Å². The highest BCUT2D eigenvalue weighted by Gasteiger charge is 2.33. The molecule has 0 spiro atoms. The van der Waals surface area contributed by atoms with Gasteiger partial charge in [-0.2, -0.15) is 0 Å². The van der Waals surface area contributed by atoms with Gasteiger partial charge in [0.15, 0.2) is 5.75 Å². The molecule has 0 atom stereocenters. The van der Waals surface area contributed by atoms with Crippen molar-refractivity contribution < 1.29 is 19.2 Å². The number of anilines is 1. The van der Waals surface area contributed by atoms with Crippen molar-refractivity contribution in [1.29, 1.82) is 0 Å². The van der Waals surface area contributed by atoms with E-state index < -0.39 is 10.5 Å². The summed E-state index contributed by atoms with van der Waals surface area (Å²) in [4.78, 5) is 27.2. The smallest absolute Gasteiger partial charge is 0.410 e. The average Bonchev–Trinajstić information content (AvgIpc) is 2.72. The molecule has 31 heavy (non-hydrogen) atoms. The van der Waals surface area contributed by atoms with Gasteiger partial charge in [0.05, 0.1) is 17.7 Å². The van der Waals surface area contributed by atoms with E-state index in [2.05, 4.69) is 20.8 Å². The van der Waals surface area contributed by atoms with Crippen molar-refractivity contribution in [3.63, 3.8) is 0 Å². The molecule has 0 radical (unpaired) electrons. The predicted octanol–water partition coefficient (Wildman–Crippen LogP) is 5.23. The van der Waals surface area contributed by atoms with Crippen LogP contribution in [0.2, 0.25) is 0 Å². The molecule has 2 fully saturated rings. The summed E-state index contributed by atoms with van der Waals surface area (Å²) in [5.74, 6) is 1.53. The highest BCUT2D eigenvalue weighted by molar-refractivity contribution is 9.10. The molecule has 2 aliphatic heterocycles. The van der Waals surface area contributed by atoms with Crippen molar-refractivity contribution in [1.82, 2.24) is 4.90 Å². The lowest BCUT2D eigenvalue weighted by molar-refractivity contribution is -0.385. The summed E-state index contributed by atoms with van der Waals surface area (Å²) in [6.45, 7) is 8.99. The fourth-order valence-electron chi connectivity index (χ4n) is 4.57. The maximum atomic E-state index is 12.3. The van der Waals surface area contributed by atoms with Gasteiger partial charge in [0.1, 0.15) is 5.60 Å². The van der Waals surface area contributed by atoms with E-state index in [-0.39, 0.29) is 17.5 Å². The first-order valence-electron chi connectivity index (χ1n) is 10.8. The number of hydrogen-bond donors (Lipinski definition) is 0. The third-order valence-corrected chi connectivity index (χ3v) is 6.82. The van der Waals surface area contributed by atoms with E-state index in [1.54, 1.807) is 6.07 Å². The van der Waals surface area contributed by atoms with Gasteiger partial charge in [-0.15, -0.1) is 0 Å². The Morgan fingerprint density at radius 3 is 2.13 bits per heavy atom. The number of likely N-dealkylation sites (tertiary alicyclic amines) is 1. The lowest BCUT2D eigenvalue weighted by Crippen LogP contribution is -2.44. The maximum absolute atomic E-state index is 12.3. The second-order valence-electron chi connectivity index (χ2n) is 9.36. The van der Waals surface area contributed by atoms with Gasteiger partial charge in [0.25, 0.3) is 0 Å². The quantitative estimate of drug-likeness (QED) is 0.418. The summed E-state index contributed by atoms with van der Waals surface area (Å²) in [6, 6.07) is 3.27. The monoisotopic (exact) mass is 497 g/mol. The largest absolute Gasteiger partial charge is 0.490 e. The van der Waals surface area contributed by atoms with Gasteiger partial charge in [0, 0.05) is 42.8 Å². The standard InChI is InChI=1S/C22H32BrN3O5/c1-22(2,3)31-21(27)25-11-7-16(8-12-25)15-5-9-24(10-6-15)18-14-20(30-4)19(26(28)29)13-17(18)23/h13-16H,5-12H2,1-4H3. The molecule has 8 nitrogen and oxygen atoms in total. The zero-order valence-corrected chi connectivity index (χ0v) is 20.3. The number of carbonyl (C=O) groups is 1. The van der Waals surface area contributed by atoms with Crippen molar-refractivity contribution in [3.8, 4) is 5.75 Å². The molecule has 2 heterocycles. The molecular formula is C22H32BrN3O5. The number of hydrogen-bond acceptors (Lipinski definition) is 6. The Morgan fingerprint density at radius 1 is 1.10 bits per heavy atom. The molecule has 0 aliphatic carbocycles. The second kappa shape index (κ2) is 9.63. The molecule has 0 unspecified atom stereocenters. The summed E-state index contributed by atoms with van der Waals surface area (Å²) >= 11 is 3.50. The molecule has 1 amide bonds. The minimum atomic E-state index is -0.463. The van der Waals surface area contributed by atoms with Crippen LogP contribution in [0.15, 0.2) is 16.6 Å². The van der Waals surface area contributed by atoms with E-state index >= 15 is 0 Å². The number of nitrogens with zero attached hydrogens (tertiary/aromatic N) is 3. The number of nitro benzene ring substituents is 1. The van der Waals surface area contributed by atoms with Crippen LogP contribution in [0.4, 0.5) is 16.2 Å². The SMILES string of the molecule is COc1cc(N2CCC(C3CCN(C(=O)OC(C)(C)C)CC3)CC2)c(Br)cc1[N+](=O)[O-]. The fraction of sp³-hybridized carbons (Fsp3) is 0.682. The Balaban J connectivity index is 1.55. The Bertz CT molecular complexity index is 810. The molecular weight excluding hydrogens is 466 g/mol. The van der Waals surface area contributed by atoms with E-state index in [1.165, 1.54) is 13.2 Å². The summed E-state index contributed by atoms with van der Waals surface area (Å²) in [5, 5.41) is 11.2. The number of methoxy groups -OCH3 is 1. The normalized spacial score (nSPS) is 18.7. The number of ether oxygens (including phenoxy) is 2. The third-order valence-electron chi connectivity index (χ3n) is 6.18. The Morgan fingerprint density at radius 2 is 1.65 bits per heavy atom. The van der Waals surface area contributed by atoms with Gasteiger partial charge in [0.2, 0.25) is 0 Å². The van der Waals surface area contributed by atoms with Crippen LogP contribution in [0.3, 0.4) is 0 Å². The van der Waals surface area contributed by atoms with E-state index in [4.69, 9.17) is 9.47 Å². The Hall–Kier alpha value is -2.03. The minimum Gasteiger partial charge on any atom is -0.490 e. The van der Waals surface area contributed by atoms with E-state index in [1.807, 2.05) is 25.7 Å². The van der Waals surface area contributed by atoms with E-state index in [0.29, 0.717) is 16.3 Å². The van der Waals surface area contributed by atoms with Crippen LogP contribution in [0.25, 0.3) is 0 Å². The molecule has 1 aromatic rings. The molecule has 9 heteroatoms. The molecule has 3 rings (SSSR count). The third kappa shape index (κ3) is 5.81. The van der Waals surface area contributed by atoms with Crippen molar-refractivity contribution in [2.75, 3.05) is 38.2 Å². The number of carbonyl (C=O) groups excluding carboxylic acids is 1. The van der Waals surface area contributed by atoms with E-state index in [0.717, 1.165) is 57.5 Å². The van der Waals surface area contributed by atoms with Crippen LogP contribution in [-0.2, 0) is 4.74 Å². The highest BCUT2D eigenvalue weighted by Crippen LogP contribution is 2.40. The fourth-order valence-corrected chi connectivity index (χ4v) is 5.15. The molecule has 0 bridgehead atoms. The first-order valence-corrected chi connectivity index (χ1v) is 11.6. The number of benzene rings is 1. The topological polar surface area (TPSA) is 85.2 Å². The second-order valence-corrected chi connectivity index (χ2v) is 10.2. The first kappa shape index (κ1) is 23.6. The van der Waals surface area contributed by atoms with Crippen LogP contribution in [-0.4, -0.2) is 54.8 Å². The van der Waals surface area contributed by atoms with Gasteiger partial charge in [-0.05, 0) is 74.2 Å². The molecule has 2 aliphatic rings. The van der Waals surface area contributed by atoms with Gasteiger partial charge >= 0.3 is 11.8 Å². The first-order chi connectivity index (χ1) is 14.6. The Kier molecular flexibility index (Phi) is 7.34. The highest BCUT2D eigenvalue weighted by atomic mass is 79.9. The maximum Gasteiger partial charge on any atom is 0.410 e. The van der Waals surface area contributed by atoms with Crippen LogP contribution in [0.1, 0.15) is 46.5 Å². The number of halogens is 1. The van der Waals surface area contributed by atoms with Gasteiger partial charge in [-0.1, -0.05) is 0 Å². The number of rotatable bonds is 4. The summed E-state index contributed by atoms with van der Waals surface area (Å²) in [6.07, 6.45) is 3.96. The van der Waals surface area contributed by atoms with Crippen LogP contribution >= 0.6 is 15.9 Å². The van der Waals surface area contributed by atoms with Gasteiger partial charge in [-0.3, -0.25) is 10.1 Å². The average molecular weight is 498 g/mol.